The second-order valence-electron chi connectivity index (χ2n) is 10.8. The van der Waals surface area contributed by atoms with Gasteiger partial charge in [-0.3, -0.25) is 0 Å². The number of hydrogen-bond acceptors (Lipinski definition) is 10. The normalized spacial score (nSPS) is 15.4. The van der Waals surface area contributed by atoms with Crippen LogP contribution in [-0.2, 0) is 18.9 Å². The van der Waals surface area contributed by atoms with E-state index in [2.05, 4.69) is 0 Å². The monoisotopic (exact) mass is 680 g/mol. The van der Waals surface area contributed by atoms with Gasteiger partial charge in [0.2, 0.25) is 0 Å². The summed E-state index contributed by atoms with van der Waals surface area (Å²) >= 11 is 0. The van der Waals surface area contributed by atoms with Crippen LogP contribution in [0.4, 0.5) is 0 Å². The highest BCUT2D eigenvalue weighted by atomic mass is 16.6. The maximum Gasteiger partial charge on any atom is 0.170 e. The molecule has 10 heteroatoms. The van der Waals surface area contributed by atoms with E-state index in [1.54, 1.807) is 0 Å². The lowest BCUT2D eigenvalue weighted by Crippen LogP contribution is -2.14. The van der Waals surface area contributed by atoms with Gasteiger partial charge >= 0.3 is 0 Å². The molecule has 0 spiro atoms. The van der Waals surface area contributed by atoms with Crippen LogP contribution in [0.5, 0.6) is 57.5 Å². The summed E-state index contributed by atoms with van der Waals surface area (Å²) in [5.41, 5.74) is 0. The maximum atomic E-state index is 6.42. The van der Waals surface area contributed by atoms with Gasteiger partial charge in [0.15, 0.2) is 57.5 Å². The number of para-hydroxylation sites is 10. The van der Waals surface area contributed by atoms with Crippen molar-refractivity contribution in [1.82, 2.24) is 0 Å². The van der Waals surface area contributed by atoms with E-state index in [0.717, 1.165) is 0 Å². The summed E-state index contributed by atoms with van der Waals surface area (Å²) in [6.45, 7) is 4.21. The van der Waals surface area contributed by atoms with Gasteiger partial charge in [-0.05, 0) is 60.7 Å². The maximum absolute atomic E-state index is 6.42. The van der Waals surface area contributed by atoms with Gasteiger partial charge in [0.25, 0.3) is 0 Å². The Morgan fingerprint density at radius 2 is 0.400 bits per heavy atom. The molecule has 10 nitrogen and oxygen atoms in total. The summed E-state index contributed by atoms with van der Waals surface area (Å²) < 4.78 is 60.1. The van der Waals surface area contributed by atoms with E-state index in [9.17, 15) is 0 Å². The Morgan fingerprint density at radius 1 is 0.220 bits per heavy atom. The molecule has 1 heterocycles. The molecule has 0 amide bonds. The highest BCUT2D eigenvalue weighted by Gasteiger charge is 2.16. The predicted molar refractivity (Wildman–Crippen MR) is 187 cm³/mol. The van der Waals surface area contributed by atoms with Crippen LogP contribution in [0, 0.1) is 0 Å². The molecule has 5 aromatic carbocycles. The van der Waals surface area contributed by atoms with Gasteiger partial charge < -0.3 is 47.4 Å². The van der Waals surface area contributed by atoms with Gasteiger partial charge in [-0.15, -0.1) is 0 Å². The molecule has 5 aromatic rings. The van der Waals surface area contributed by atoms with Crippen molar-refractivity contribution < 1.29 is 47.4 Å². The average molecular weight is 681 g/mol. The number of ether oxygens (including phenoxy) is 10. The van der Waals surface area contributed by atoms with E-state index in [1.807, 2.05) is 121 Å². The fourth-order valence-corrected chi connectivity index (χ4v) is 4.82. The molecule has 260 valence electrons. The molecule has 0 N–H and O–H groups in total. The van der Waals surface area contributed by atoms with Crippen molar-refractivity contribution in [1.29, 1.82) is 0 Å². The molecule has 50 heavy (non-hydrogen) atoms. The van der Waals surface area contributed by atoms with Crippen molar-refractivity contribution in [2.45, 2.75) is 0 Å². The molecule has 0 atom stereocenters. The quantitative estimate of drug-likeness (QED) is 0.158. The topological polar surface area (TPSA) is 92.3 Å². The lowest BCUT2D eigenvalue weighted by Gasteiger charge is -2.18. The van der Waals surface area contributed by atoms with Crippen molar-refractivity contribution in [3.63, 3.8) is 0 Å². The first kappa shape index (κ1) is 34.6. The van der Waals surface area contributed by atoms with Crippen LogP contribution in [0.1, 0.15) is 0 Å². The summed E-state index contributed by atoms with van der Waals surface area (Å²) in [5.74, 6) is 5.19. The molecule has 0 aromatic heterocycles. The van der Waals surface area contributed by atoms with Crippen LogP contribution >= 0.6 is 0 Å². The van der Waals surface area contributed by atoms with Gasteiger partial charge in [-0.2, -0.15) is 0 Å². The summed E-state index contributed by atoms with van der Waals surface area (Å²) in [6, 6.07) is 37.2. The van der Waals surface area contributed by atoms with E-state index in [-0.39, 0.29) is 0 Å². The van der Waals surface area contributed by atoms with Crippen LogP contribution in [0.3, 0.4) is 0 Å². The Kier molecular flexibility index (Phi) is 13.2. The predicted octanol–water partition coefficient (Wildman–Crippen LogP) is 8.69. The summed E-state index contributed by atoms with van der Waals surface area (Å²) in [6.07, 6.45) is 0. The number of rotatable bonds is 0. The van der Waals surface area contributed by atoms with Gasteiger partial charge in [-0.25, -0.2) is 0 Å². The lowest BCUT2D eigenvalue weighted by atomic mass is 10.2. The number of hydrogen-bond donors (Lipinski definition) is 0. The van der Waals surface area contributed by atoms with Crippen molar-refractivity contribution >= 4 is 0 Å². The third-order valence-electron chi connectivity index (χ3n) is 7.21. The average Bonchev–Trinajstić information content (AvgIpc) is 3.14. The molecular formula is C40H40O10. The zero-order chi connectivity index (χ0) is 34.1. The van der Waals surface area contributed by atoms with Gasteiger partial charge in [0, 0.05) is 0 Å². The molecule has 0 saturated carbocycles. The SMILES string of the molecule is c1ccc2c(c1)OCCOCCOCCOCCOCCOc1ccccc1Oc1ccccc1Oc1ccccc1Oc1ccccc1O2. The van der Waals surface area contributed by atoms with Crippen LogP contribution in [0.25, 0.3) is 0 Å². The first-order valence-electron chi connectivity index (χ1n) is 16.6. The van der Waals surface area contributed by atoms with Crippen LogP contribution in [0.15, 0.2) is 121 Å². The Balaban J connectivity index is 1.22. The third-order valence-corrected chi connectivity index (χ3v) is 7.21. The lowest BCUT2D eigenvalue weighted by molar-refractivity contribution is -0.00707. The second kappa shape index (κ2) is 19.1. The van der Waals surface area contributed by atoms with Crippen LogP contribution in [0.2, 0.25) is 0 Å². The molecule has 0 radical (unpaired) electrons. The Bertz CT molecular complexity index is 1630. The molecular weight excluding hydrogens is 640 g/mol. The second-order valence-corrected chi connectivity index (χ2v) is 10.8. The number of benzene rings is 5. The Hall–Kier alpha value is -5.26. The highest BCUT2D eigenvalue weighted by Crippen LogP contribution is 2.43. The first-order valence-corrected chi connectivity index (χ1v) is 16.6. The smallest absolute Gasteiger partial charge is 0.170 e. The van der Waals surface area contributed by atoms with Crippen molar-refractivity contribution in [3.05, 3.63) is 121 Å². The van der Waals surface area contributed by atoms with E-state index in [1.165, 1.54) is 0 Å². The van der Waals surface area contributed by atoms with Gasteiger partial charge in [-0.1, -0.05) is 60.7 Å². The molecule has 1 aliphatic rings. The minimum atomic E-state index is 0.341. The van der Waals surface area contributed by atoms with Crippen molar-refractivity contribution in [2.24, 2.45) is 0 Å². The van der Waals surface area contributed by atoms with Crippen molar-refractivity contribution in [2.75, 3.05) is 66.1 Å². The first-order chi connectivity index (χ1) is 24.8. The minimum absolute atomic E-state index is 0.341. The molecule has 0 aliphatic carbocycles. The fraction of sp³-hybridized carbons (Fsp3) is 0.250. The molecule has 0 unspecified atom stereocenters. The highest BCUT2D eigenvalue weighted by molar-refractivity contribution is 5.53. The zero-order valence-corrected chi connectivity index (χ0v) is 27.7. The summed E-state index contributed by atoms with van der Waals surface area (Å²) in [4.78, 5) is 0. The van der Waals surface area contributed by atoms with E-state index in [0.29, 0.717) is 124 Å². The Morgan fingerprint density at radius 3 is 0.640 bits per heavy atom. The molecule has 0 bridgehead atoms. The van der Waals surface area contributed by atoms with E-state index >= 15 is 0 Å². The van der Waals surface area contributed by atoms with E-state index in [4.69, 9.17) is 47.4 Å². The molecule has 0 saturated heterocycles. The molecule has 0 fully saturated rings. The minimum Gasteiger partial charge on any atom is -0.487 e. The third kappa shape index (κ3) is 10.4. The summed E-state index contributed by atoms with van der Waals surface area (Å²) in [7, 11) is 0. The summed E-state index contributed by atoms with van der Waals surface area (Å²) in [5, 5.41) is 0. The molecule has 6 rings (SSSR count). The van der Waals surface area contributed by atoms with Gasteiger partial charge in [0.05, 0.1) is 52.9 Å². The largest absolute Gasteiger partial charge is 0.487 e. The van der Waals surface area contributed by atoms with Gasteiger partial charge in [0.1, 0.15) is 13.2 Å². The van der Waals surface area contributed by atoms with Crippen molar-refractivity contribution in [3.8, 4) is 57.5 Å². The number of fused-ring (bicyclic) bond motifs is 5. The fourth-order valence-electron chi connectivity index (χ4n) is 4.82. The molecule has 1 aliphatic heterocycles. The Labute approximate surface area is 291 Å². The zero-order valence-electron chi connectivity index (χ0n) is 27.7. The standard InChI is InChI=1S/C40H40O10/c1-3-13-33-31(11-1)45-29-27-43-25-23-41-21-22-42-24-26-44-28-30-46-32-12-2-4-14-34(32)48-36-16-6-8-18-38(36)50-40-20-10-9-19-39(40)49-37-17-7-5-15-35(37)47-33/h1-20H,21-30H2. The van der Waals surface area contributed by atoms with Crippen LogP contribution < -0.4 is 28.4 Å². The van der Waals surface area contributed by atoms with E-state index < -0.39 is 0 Å². The van der Waals surface area contributed by atoms with Crippen LogP contribution in [-0.4, -0.2) is 66.1 Å².